The van der Waals surface area contributed by atoms with Crippen LogP contribution in [-0.2, 0) is 0 Å². The van der Waals surface area contributed by atoms with E-state index in [-0.39, 0.29) is 11.9 Å². The average molecular weight is 367 g/mol. The quantitative estimate of drug-likeness (QED) is 0.851. The topological polar surface area (TPSA) is 95.6 Å². The summed E-state index contributed by atoms with van der Waals surface area (Å²) in [6.45, 7) is 3.01. The molecule has 0 spiro atoms. The van der Waals surface area contributed by atoms with Gasteiger partial charge in [-0.15, -0.1) is 0 Å². The molecule has 2 aliphatic heterocycles. The van der Waals surface area contributed by atoms with E-state index in [0.29, 0.717) is 30.2 Å². The van der Waals surface area contributed by atoms with Crippen molar-refractivity contribution in [1.29, 1.82) is 0 Å². The molecule has 0 bridgehead atoms. The Morgan fingerprint density at radius 2 is 1.78 bits per heavy atom. The van der Waals surface area contributed by atoms with E-state index in [4.69, 9.17) is 5.73 Å². The maximum absolute atomic E-state index is 12.9. The minimum absolute atomic E-state index is 0.0384. The third kappa shape index (κ3) is 3.79. The van der Waals surface area contributed by atoms with Crippen LogP contribution in [0.2, 0.25) is 0 Å². The summed E-state index contributed by atoms with van der Waals surface area (Å²) < 4.78 is 0. The highest BCUT2D eigenvalue weighted by molar-refractivity contribution is 5.95. The van der Waals surface area contributed by atoms with Crippen molar-refractivity contribution in [2.45, 2.75) is 31.4 Å². The first-order chi connectivity index (χ1) is 13.1. The minimum Gasteiger partial charge on any atom is -0.390 e. The highest BCUT2D eigenvalue weighted by atomic mass is 16.3. The van der Waals surface area contributed by atoms with Crippen molar-refractivity contribution in [3.8, 4) is 11.3 Å². The van der Waals surface area contributed by atoms with Crippen LogP contribution in [0.5, 0.6) is 0 Å². The molecule has 1 amide bonds. The number of rotatable bonds is 3. The van der Waals surface area contributed by atoms with Gasteiger partial charge in [0, 0.05) is 24.2 Å². The molecule has 4 rings (SSSR count). The van der Waals surface area contributed by atoms with Gasteiger partial charge < -0.3 is 15.7 Å². The second kappa shape index (κ2) is 7.62. The van der Waals surface area contributed by atoms with E-state index in [1.807, 2.05) is 12.1 Å². The number of piperidine rings is 1. The van der Waals surface area contributed by atoms with Crippen molar-refractivity contribution in [3.05, 3.63) is 42.2 Å². The van der Waals surface area contributed by atoms with Gasteiger partial charge in [0.15, 0.2) is 0 Å². The van der Waals surface area contributed by atoms with Gasteiger partial charge in [0.1, 0.15) is 5.82 Å². The molecule has 2 saturated heterocycles. The van der Waals surface area contributed by atoms with Gasteiger partial charge in [0.2, 0.25) is 0 Å². The van der Waals surface area contributed by atoms with Crippen LogP contribution >= 0.6 is 0 Å². The highest BCUT2D eigenvalue weighted by Crippen LogP contribution is 2.23. The van der Waals surface area contributed by atoms with Gasteiger partial charge in [0.05, 0.1) is 30.2 Å². The number of aliphatic hydroxyl groups is 1. The molecular formula is C20H25N5O2. The number of carbonyl (C=O) groups excluding carboxylic acids is 1. The zero-order valence-electron chi connectivity index (χ0n) is 15.3. The predicted octanol–water partition coefficient (Wildman–Crippen LogP) is 1.40. The summed E-state index contributed by atoms with van der Waals surface area (Å²) in [5, 5.41) is 10.5. The number of aliphatic hydroxyl groups excluding tert-OH is 1. The molecule has 3 N–H and O–H groups in total. The summed E-state index contributed by atoms with van der Waals surface area (Å²) in [5.74, 6) is 0.338. The molecule has 7 heteroatoms. The molecule has 142 valence electrons. The number of nitrogens with two attached hydrogens (primary N) is 1. The molecule has 7 nitrogen and oxygen atoms in total. The molecule has 0 unspecified atom stereocenters. The number of nitrogens with zero attached hydrogens (tertiary/aromatic N) is 4. The molecule has 27 heavy (non-hydrogen) atoms. The second-order valence-corrected chi connectivity index (χ2v) is 7.35. The third-order valence-corrected chi connectivity index (χ3v) is 5.51. The molecule has 2 fully saturated rings. The van der Waals surface area contributed by atoms with E-state index in [0.717, 1.165) is 18.7 Å². The summed E-state index contributed by atoms with van der Waals surface area (Å²) in [5.41, 5.74) is 7.78. The zero-order valence-corrected chi connectivity index (χ0v) is 15.3. The van der Waals surface area contributed by atoms with Crippen LogP contribution in [0.25, 0.3) is 11.3 Å². The maximum Gasteiger partial charge on any atom is 0.253 e. The van der Waals surface area contributed by atoms with Crippen LogP contribution in [-0.4, -0.2) is 69.1 Å². The summed E-state index contributed by atoms with van der Waals surface area (Å²) in [7, 11) is 0. The molecular weight excluding hydrogens is 342 g/mol. The van der Waals surface area contributed by atoms with Crippen LogP contribution in [0.3, 0.4) is 0 Å². The van der Waals surface area contributed by atoms with Gasteiger partial charge in [-0.3, -0.25) is 14.7 Å². The first kappa shape index (κ1) is 17.9. The number of β-amino-alcohol motifs (C(OH)–C–C–N with tert-alkyl or cyclic N) is 1. The van der Waals surface area contributed by atoms with Crippen LogP contribution in [0, 0.1) is 0 Å². The van der Waals surface area contributed by atoms with E-state index in [1.54, 1.807) is 23.2 Å². The first-order valence-electron chi connectivity index (χ1n) is 9.51. The Bertz CT molecular complexity index is 787. The number of aromatic nitrogens is 2. The average Bonchev–Trinajstić information content (AvgIpc) is 3.10. The van der Waals surface area contributed by atoms with Crippen LogP contribution in [0.1, 0.15) is 29.6 Å². The second-order valence-electron chi connectivity index (χ2n) is 7.35. The smallest absolute Gasteiger partial charge is 0.253 e. The third-order valence-electron chi connectivity index (χ3n) is 5.51. The summed E-state index contributed by atoms with van der Waals surface area (Å²) in [6, 6.07) is 7.38. The molecule has 0 aliphatic carbocycles. The highest BCUT2D eigenvalue weighted by Gasteiger charge is 2.38. The van der Waals surface area contributed by atoms with Crippen LogP contribution in [0.4, 0.5) is 5.82 Å². The zero-order chi connectivity index (χ0) is 18.8. The molecule has 2 atom stereocenters. The van der Waals surface area contributed by atoms with Gasteiger partial charge >= 0.3 is 0 Å². The van der Waals surface area contributed by atoms with Crippen molar-refractivity contribution >= 4 is 11.7 Å². The number of hydrogen-bond donors (Lipinski definition) is 2. The molecule has 2 aromatic rings. The number of benzene rings is 1. The largest absolute Gasteiger partial charge is 0.390 e. The summed E-state index contributed by atoms with van der Waals surface area (Å²) >= 11 is 0. The molecule has 0 saturated carbocycles. The van der Waals surface area contributed by atoms with Crippen LogP contribution in [0.15, 0.2) is 36.7 Å². The lowest BCUT2D eigenvalue weighted by molar-refractivity contribution is 0.0702. The molecule has 3 heterocycles. The standard InChI is InChI=1S/C20H25N5O2/c21-19-11-22-16(10-23-19)14-4-6-15(7-5-14)20(27)25-12-17(18(26)13-25)24-8-2-1-3-9-24/h4-7,10-11,17-18,26H,1-3,8-9,12-13H2,(H2,21,23)/t17-,18-/m0/s1. The number of hydrogen-bond acceptors (Lipinski definition) is 6. The first-order valence-corrected chi connectivity index (χ1v) is 9.51. The van der Waals surface area contributed by atoms with Crippen LogP contribution < -0.4 is 5.73 Å². The van der Waals surface area contributed by atoms with Gasteiger partial charge in [-0.2, -0.15) is 0 Å². The number of carbonyl (C=O) groups is 1. The Morgan fingerprint density at radius 1 is 1.04 bits per heavy atom. The monoisotopic (exact) mass is 367 g/mol. The van der Waals surface area contributed by atoms with E-state index in [9.17, 15) is 9.90 Å². The van der Waals surface area contributed by atoms with Gasteiger partial charge in [-0.25, -0.2) is 4.98 Å². The van der Waals surface area contributed by atoms with E-state index in [1.165, 1.54) is 25.5 Å². The Hall–Kier alpha value is -2.51. The molecule has 2 aliphatic rings. The predicted molar refractivity (Wildman–Crippen MR) is 103 cm³/mol. The van der Waals surface area contributed by atoms with Crippen molar-refractivity contribution < 1.29 is 9.90 Å². The lowest BCUT2D eigenvalue weighted by atomic mass is 10.1. The SMILES string of the molecule is Nc1cnc(-c2ccc(C(=O)N3C[C@H](O)[C@@H](N4CCCCC4)C3)cc2)cn1. The number of likely N-dealkylation sites (tertiary alicyclic amines) is 2. The lowest BCUT2D eigenvalue weighted by Gasteiger charge is -2.33. The number of nitrogen functional groups attached to an aromatic ring is 1. The Morgan fingerprint density at radius 3 is 2.44 bits per heavy atom. The van der Waals surface area contributed by atoms with Gasteiger partial charge in [-0.1, -0.05) is 18.6 Å². The number of anilines is 1. The van der Waals surface area contributed by atoms with E-state index in [2.05, 4.69) is 14.9 Å². The van der Waals surface area contributed by atoms with Crippen molar-refractivity contribution in [3.63, 3.8) is 0 Å². The fraction of sp³-hybridized carbons (Fsp3) is 0.450. The number of amides is 1. The Labute approximate surface area is 158 Å². The molecule has 1 aromatic heterocycles. The van der Waals surface area contributed by atoms with E-state index >= 15 is 0 Å². The van der Waals surface area contributed by atoms with Crippen molar-refractivity contribution in [2.75, 3.05) is 31.9 Å². The summed E-state index contributed by atoms with van der Waals surface area (Å²) in [4.78, 5) is 25.3. The fourth-order valence-electron chi connectivity index (χ4n) is 4.00. The maximum atomic E-state index is 12.9. The van der Waals surface area contributed by atoms with Crippen molar-refractivity contribution in [1.82, 2.24) is 19.8 Å². The lowest BCUT2D eigenvalue weighted by Crippen LogP contribution is -2.46. The fourth-order valence-corrected chi connectivity index (χ4v) is 4.00. The Kier molecular flexibility index (Phi) is 5.05. The van der Waals surface area contributed by atoms with Gasteiger partial charge in [0.25, 0.3) is 5.91 Å². The van der Waals surface area contributed by atoms with E-state index < -0.39 is 6.10 Å². The molecule has 1 aromatic carbocycles. The minimum atomic E-state index is -0.476. The van der Waals surface area contributed by atoms with Gasteiger partial charge in [-0.05, 0) is 38.1 Å². The Balaban J connectivity index is 1.44. The normalized spacial score (nSPS) is 23.5. The van der Waals surface area contributed by atoms with Crippen molar-refractivity contribution in [2.24, 2.45) is 0 Å². The summed E-state index contributed by atoms with van der Waals surface area (Å²) in [6.07, 6.45) is 6.26. The molecule has 0 radical (unpaired) electrons.